The van der Waals surface area contributed by atoms with Crippen LogP contribution in [0.5, 0.6) is 0 Å². The number of hydrogen-bond acceptors (Lipinski definition) is 6. The second kappa shape index (κ2) is 5.33. The number of aryl methyl sites for hydroxylation is 1. The van der Waals surface area contributed by atoms with Crippen molar-refractivity contribution in [3.63, 3.8) is 0 Å². The van der Waals surface area contributed by atoms with Crippen molar-refractivity contribution in [3.05, 3.63) is 23.5 Å². The summed E-state index contributed by atoms with van der Waals surface area (Å²) in [6.07, 6.45) is 5.48. The molecule has 0 saturated heterocycles. The van der Waals surface area contributed by atoms with Gasteiger partial charge >= 0.3 is 0 Å². The molecule has 4 N–H and O–H groups in total. The van der Waals surface area contributed by atoms with Crippen LogP contribution in [0.2, 0.25) is 0 Å². The molecule has 0 aromatic carbocycles. The highest BCUT2D eigenvalue weighted by atomic mass is 15.4. The molecule has 0 spiro atoms. The summed E-state index contributed by atoms with van der Waals surface area (Å²) in [5.74, 6) is 0.817. The van der Waals surface area contributed by atoms with Gasteiger partial charge in [0.2, 0.25) is 0 Å². The number of aromatic nitrogens is 3. The van der Waals surface area contributed by atoms with E-state index in [2.05, 4.69) is 10.2 Å². The summed E-state index contributed by atoms with van der Waals surface area (Å²) in [5, 5.41) is 10.5. The fourth-order valence-electron chi connectivity index (χ4n) is 2.57. The van der Waals surface area contributed by atoms with Crippen molar-refractivity contribution in [2.75, 3.05) is 19.3 Å². The number of likely N-dealkylation sites (N-methyl/N-ethyl adjacent to an activating group) is 1. The topological polar surface area (TPSA) is 97.8 Å². The fourth-order valence-corrected chi connectivity index (χ4v) is 2.57. The van der Waals surface area contributed by atoms with Crippen LogP contribution in [0.25, 0.3) is 5.65 Å². The number of hydrogen-bond donors (Lipinski definition) is 2. The Morgan fingerprint density at radius 2 is 2.29 bits per heavy atom. The fraction of sp³-hybridized carbons (Fsp3) is 0.500. The number of nitrogens with zero attached hydrogens (tertiary/aromatic N) is 5. The quantitative estimate of drug-likeness (QED) is 0.858. The highest BCUT2D eigenvalue weighted by molar-refractivity contribution is 5.74. The first-order chi connectivity index (χ1) is 10.0. The van der Waals surface area contributed by atoms with E-state index in [0.29, 0.717) is 5.82 Å². The third-order valence-electron chi connectivity index (χ3n) is 3.74. The summed E-state index contributed by atoms with van der Waals surface area (Å²) in [7, 11) is 1.96. The molecular formula is C14H21N7. The van der Waals surface area contributed by atoms with Crippen LogP contribution in [-0.2, 0) is 6.42 Å². The summed E-state index contributed by atoms with van der Waals surface area (Å²) in [5.41, 5.74) is 14.8. The van der Waals surface area contributed by atoms with Crippen molar-refractivity contribution >= 4 is 17.7 Å². The maximum atomic E-state index is 6.09. The molecule has 1 aliphatic heterocycles. The standard InChI is InChI=1S/C14H21N7/c1-9(15)3-4-11-5-13(16)21-14(19-11)12(7-18-21)10-6-17-20(2)8-10/h5-7,9-10H,3-4,8,15-16H2,1-2H3. The average molecular weight is 287 g/mol. The van der Waals surface area contributed by atoms with Gasteiger partial charge in [0.05, 0.1) is 6.20 Å². The summed E-state index contributed by atoms with van der Waals surface area (Å²) < 4.78 is 1.69. The van der Waals surface area contributed by atoms with Crippen LogP contribution < -0.4 is 11.5 Å². The third-order valence-corrected chi connectivity index (χ3v) is 3.74. The number of nitrogens with two attached hydrogens (primary N) is 2. The van der Waals surface area contributed by atoms with Gasteiger partial charge in [-0.1, -0.05) is 0 Å². The molecule has 0 radical (unpaired) electrons. The van der Waals surface area contributed by atoms with E-state index >= 15 is 0 Å². The Hall–Kier alpha value is -2.15. The highest BCUT2D eigenvalue weighted by Crippen LogP contribution is 2.24. The molecule has 0 saturated carbocycles. The minimum absolute atomic E-state index is 0.157. The largest absolute Gasteiger partial charge is 0.384 e. The van der Waals surface area contributed by atoms with Gasteiger partial charge in [0.1, 0.15) is 5.82 Å². The van der Waals surface area contributed by atoms with Crippen molar-refractivity contribution < 1.29 is 0 Å². The lowest BCUT2D eigenvalue weighted by Crippen LogP contribution is -2.16. The van der Waals surface area contributed by atoms with Gasteiger partial charge in [-0.2, -0.15) is 14.7 Å². The summed E-state index contributed by atoms with van der Waals surface area (Å²) >= 11 is 0. The SMILES string of the molecule is CC(N)CCc1cc(N)n2ncc(C3C=NN(C)C3)c2n1. The van der Waals surface area contributed by atoms with Gasteiger partial charge in [-0.25, -0.2) is 4.98 Å². The van der Waals surface area contributed by atoms with Gasteiger partial charge in [0.15, 0.2) is 5.65 Å². The molecule has 2 aromatic heterocycles. The Kier molecular flexibility index (Phi) is 3.50. The third kappa shape index (κ3) is 2.69. The molecule has 0 bridgehead atoms. The van der Waals surface area contributed by atoms with Gasteiger partial charge in [-0.15, -0.1) is 0 Å². The van der Waals surface area contributed by atoms with E-state index in [1.165, 1.54) is 0 Å². The smallest absolute Gasteiger partial charge is 0.161 e. The second-order valence-corrected chi connectivity index (χ2v) is 5.73. The van der Waals surface area contributed by atoms with Crippen LogP contribution >= 0.6 is 0 Å². The molecule has 3 heterocycles. The van der Waals surface area contributed by atoms with Gasteiger partial charge in [-0.05, 0) is 19.8 Å². The van der Waals surface area contributed by atoms with Crippen LogP contribution in [0.15, 0.2) is 17.4 Å². The van der Waals surface area contributed by atoms with Gasteiger partial charge in [0, 0.05) is 49.1 Å². The van der Waals surface area contributed by atoms with Crippen LogP contribution in [-0.4, -0.2) is 45.5 Å². The molecule has 7 nitrogen and oxygen atoms in total. The van der Waals surface area contributed by atoms with Gasteiger partial charge in [-0.3, -0.25) is 5.01 Å². The number of rotatable bonds is 4. The van der Waals surface area contributed by atoms with Crippen LogP contribution in [0, 0.1) is 0 Å². The highest BCUT2D eigenvalue weighted by Gasteiger charge is 2.22. The number of fused-ring (bicyclic) bond motifs is 1. The minimum Gasteiger partial charge on any atom is -0.384 e. The number of nitrogen functional groups attached to an aromatic ring is 1. The average Bonchev–Trinajstić information content (AvgIpc) is 3.02. The van der Waals surface area contributed by atoms with E-state index in [-0.39, 0.29) is 12.0 Å². The van der Waals surface area contributed by atoms with Crippen LogP contribution in [0.3, 0.4) is 0 Å². The van der Waals surface area contributed by atoms with E-state index in [1.54, 1.807) is 4.52 Å². The maximum Gasteiger partial charge on any atom is 0.161 e. The zero-order valence-corrected chi connectivity index (χ0v) is 12.4. The zero-order chi connectivity index (χ0) is 15.0. The van der Waals surface area contributed by atoms with Crippen molar-refractivity contribution in [1.82, 2.24) is 19.6 Å². The molecule has 2 unspecified atom stereocenters. The van der Waals surface area contributed by atoms with Crippen LogP contribution in [0.4, 0.5) is 5.82 Å². The molecule has 0 fully saturated rings. The number of anilines is 1. The molecule has 7 heteroatoms. The van der Waals surface area contributed by atoms with Crippen LogP contribution in [0.1, 0.15) is 30.5 Å². The Labute approximate surface area is 123 Å². The van der Waals surface area contributed by atoms with Crippen molar-refractivity contribution in [3.8, 4) is 0 Å². The van der Waals surface area contributed by atoms with E-state index in [4.69, 9.17) is 16.5 Å². The van der Waals surface area contributed by atoms with Crippen molar-refractivity contribution in [2.24, 2.45) is 10.8 Å². The van der Waals surface area contributed by atoms with Gasteiger partial charge in [0.25, 0.3) is 0 Å². The number of hydrazone groups is 1. The molecule has 112 valence electrons. The first-order valence-corrected chi connectivity index (χ1v) is 7.18. The summed E-state index contributed by atoms with van der Waals surface area (Å²) in [4.78, 5) is 4.72. The monoisotopic (exact) mass is 287 g/mol. The first kappa shape index (κ1) is 13.8. The van der Waals surface area contributed by atoms with E-state index in [1.807, 2.05) is 37.5 Å². The lowest BCUT2D eigenvalue weighted by Gasteiger charge is -2.10. The zero-order valence-electron chi connectivity index (χ0n) is 12.4. The molecule has 2 aromatic rings. The lowest BCUT2D eigenvalue weighted by molar-refractivity contribution is 0.381. The van der Waals surface area contributed by atoms with E-state index < -0.39 is 0 Å². The molecule has 0 amide bonds. The van der Waals surface area contributed by atoms with E-state index in [9.17, 15) is 0 Å². The summed E-state index contributed by atoms with van der Waals surface area (Å²) in [6.45, 7) is 2.84. The summed E-state index contributed by atoms with van der Waals surface area (Å²) in [6, 6.07) is 2.03. The molecule has 1 aliphatic rings. The normalized spacial score (nSPS) is 19.6. The van der Waals surface area contributed by atoms with Crippen molar-refractivity contribution in [2.45, 2.75) is 31.7 Å². The Bertz CT molecular complexity index is 673. The predicted molar refractivity (Wildman–Crippen MR) is 83.2 cm³/mol. The predicted octanol–water partition coefficient (Wildman–Crippen LogP) is 0.606. The molecular weight excluding hydrogens is 266 g/mol. The molecule has 3 rings (SSSR count). The Morgan fingerprint density at radius 1 is 1.48 bits per heavy atom. The molecule has 0 aliphatic carbocycles. The van der Waals surface area contributed by atoms with E-state index in [0.717, 1.165) is 36.3 Å². The maximum absolute atomic E-state index is 6.09. The molecule has 2 atom stereocenters. The second-order valence-electron chi connectivity index (χ2n) is 5.73. The Balaban J connectivity index is 1.97. The molecule has 21 heavy (non-hydrogen) atoms. The Morgan fingerprint density at radius 3 is 2.95 bits per heavy atom. The van der Waals surface area contributed by atoms with Gasteiger partial charge < -0.3 is 11.5 Å². The lowest BCUT2D eigenvalue weighted by atomic mass is 10.0. The van der Waals surface area contributed by atoms with Crippen molar-refractivity contribution in [1.29, 1.82) is 0 Å². The first-order valence-electron chi connectivity index (χ1n) is 7.18. The minimum atomic E-state index is 0.157.